The quantitative estimate of drug-likeness (QED) is 0.154. The van der Waals surface area contributed by atoms with E-state index in [4.69, 9.17) is 9.57 Å². The lowest BCUT2D eigenvalue weighted by atomic mass is 9.94. The third-order valence-corrected chi connectivity index (χ3v) is 7.68. The van der Waals surface area contributed by atoms with Gasteiger partial charge in [-0.05, 0) is 37.8 Å². The fourth-order valence-corrected chi connectivity index (χ4v) is 5.22. The van der Waals surface area contributed by atoms with E-state index in [0.29, 0.717) is 24.0 Å². The summed E-state index contributed by atoms with van der Waals surface area (Å²) in [6.07, 6.45) is 11.3. The summed E-state index contributed by atoms with van der Waals surface area (Å²) in [5.41, 5.74) is 0.580. The monoisotopic (exact) mass is 503 g/mol. The highest BCUT2D eigenvalue weighted by Gasteiger charge is 2.26. The van der Waals surface area contributed by atoms with Crippen LogP contribution in [0.5, 0.6) is 0 Å². The number of hydrogen-bond acceptors (Lipinski definition) is 10. The van der Waals surface area contributed by atoms with E-state index < -0.39 is 10.9 Å². The standard InChI is InChI=1S/C25H37N5O4S/c31-24-22(23(25(24)32)28-20-8-11-26-12-9-20)27-10-3-1-2-4-19-35-30(21-6-5-7-21)34-18-15-29-13-16-33-17-14-29/h8-9,11-12,21,27H,1-7,10,13-19H2,(H,26,28). The molecule has 1 aliphatic carbocycles. The van der Waals surface area contributed by atoms with Crippen molar-refractivity contribution in [1.82, 2.24) is 14.4 Å². The molecule has 2 heterocycles. The van der Waals surface area contributed by atoms with Gasteiger partial charge >= 0.3 is 0 Å². The Morgan fingerprint density at radius 3 is 2.54 bits per heavy atom. The number of ether oxygens (including phenoxy) is 1. The van der Waals surface area contributed by atoms with Gasteiger partial charge in [-0.25, -0.2) is 0 Å². The molecule has 1 aliphatic heterocycles. The normalized spacial score (nSPS) is 17.1. The van der Waals surface area contributed by atoms with Crippen molar-refractivity contribution < 1.29 is 9.57 Å². The van der Waals surface area contributed by atoms with Crippen molar-refractivity contribution in [3.05, 3.63) is 45.0 Å². The second-order valence-corrected chi connectivity index (χ2v) is 10.1. The maximum Gasteiger partial charge on any atom is 0.253 e. The minimum Gasteiger partial charge on any atom is -0.380 e. The first-order valence-corrected chi connectivity index (χ1v) is 13.8. The number of rotatable bonds is 16. The van der Waals surface area contributed by atoms with Gasteiger partial charge in [0.25, 0.3) is 10.9 Å². The number of aromatic nitrogens is 1. The molecule has 2 N–H and O–H groups in total. The Morgan fingerprint density at radius 2 is 1.80 bits per heavy atom. The highest BCUT2D eigenvalue weighted by molar-refractivity contribution is 7.96. The van der Waals surface area contributed by atoms with Crippen molar-refractivity contribution in [2.75, 3.05) is 62.4 Å². The highest BCUT2D eigenvalue weighted by atomic mass is 32.2. The molecule has 10 heteroatoms. The second kappa shape index (κ2) is 13.9. The fourth-order valence-electron chi connectivity index (χ4n) is 4.14. The zero-order valence-corrected chi connectivity index (χ0v) is 21.2. The zero-order valence-electron chi connectivity index (χ0n) is 20.4. The van der Waals surface area contributed by atoms with E-state index in [1.807, 2.05) is 11.9 Å². The molecule has 0 spiro atoms. The van der Waals surface area contributed by atoms with Gasteiger partial charge in [0.2, 0.25) is 0 Å². The van der Waals surface area contributed by atoms with Crippen molar-refractivity contribution in [2.45, 2.75) is 51.0 Å². The van der Waals surface area contributed by atoms with Gasteiger partial charge in [0.05, 0.1) is 19.8 Å². The number of pyridine rings is 1. The summed E-state index contributed by atoms with van der Waals surface area (Å²) >= 11 is 1.83. The number of unbranched alkanes of at least 4 members (excludes halogenated alkanes) is 3. The fraction of sp³-hybridized carbons (Fsp3) is 0.640. The molecule has 1 saturated heterocycles. The molecule has 0 amide bonds. The van der Waals surface area contributed by atoms with Gasteiger partial charge in [-0.1, -0.05) is 31.2 Å². The molecule has 4 rings (SSSR count). The highest BCUT2D eigenvalue weighted by Crippen LogP contribution is 2.30. The van der Waals surface area contributed by atoms with E-state index in [9.17, 15) is 9.59 Å². The maximum absolute atomic E-state index is 11.9. The topological polar surface area (TPSA) is 96.0 Å². The Kier molecular flexibility index (Phi) is 10.4. The summed E-state index contributed by atoms with van der Waals surface area (Å²) in [7, 11) is 0. The predicted octanol–water partition coefficient (Wildman–Crippen LogP) is 3.16. The number of anilines is 3. The second-order valence-electron chi connectivity index (χ2n) is 9.10. The molecule has 9 nitrogen and oxygen atoms in total. The van der Waals surface area contributed by atoms with E-state index in [1.165, 1.54) is 19.3 Å². The molecule has 0 atom stereocenters. The minimum absolute atomic E-state index is 0.349. The van der Waals surface area contributed by atoms with Crippen molar-refractivity contribution >= 4 is 29.0 Å². The van der Waals surface area contributed by atoms with Gasteiger partial charge in [0.15, 0.2) is 0 Å². The van der Waals surface area contributed by atoms with Crippen LogP contribution >= 0.6 is 11.9 Å². The molecule has 1 aromatic carbocycles. The van der Waals surface area contributed by atoms with Crippen LogP contribution in [0.15, 0.2) is 34.1 Å². The zero-order chi connectivity index (χ0) is 24.3. The average molecular weight is 504 g/mol. The van der Waals surface area contributed by atoms with E-state index >= 15 is 0 Å². The van der Waals surface area contributed by atoms with Crippen LogP contribution in [0.4, 0.5) is 17.1 Å². The molecule has 2 fully saturated rings. The van der Waals surface area contributed by atoms with Gasteiger partial charge in [-0.15, -0.1) is 4.47 Å². The van der Waals surface area contributed by atoms with Crippen molar-refractivity contribution in [2.24, 2.45) is 0 Å². The van der Waals surface area contributed by atoms with Gasteiger partial charge in [-0.3, -0.25) is 24.3 Å². The van der Waals surface area contributed by atoms with Crippen LogP contribution in [0.3, 0.4) is 0 Å². The smallest absolute Gasteiger partial charge is 0.253 e. The molecular formula is C25H37N5O4S. The third-order valence-electron chi connectivity index (χ3n) is 6.55. The van der Waals surface area contributed by atoms with E-state index in [-0.39, 0.29) is 0 Å². The summed E-state index contributed by atoms with van der Waals surface area (Å²) in [5.74, 6) is 1.06. The van der Waals surface area contributed by atoms with Crippen LogP contribution < -0.4 is 21.5 Å². The SMILES string of the molecule is O=c1c(NCCCCCCSN(OCCN2CCOCC2)C2CCC2)c(Nc2ccncc2)c1=O. The van der Waals surface area contributed by atoms with Gasteiger partial charge < -0.3 is 15.4 Å². The molecule has 2 aromatic rings. The summed E-state index contributed by atoms with van der Waals surface area (Å²) in [4.78, 5) is 36.3. The lowest BCUT2D eigenvalue weighted by Crippen LogP contribution is -2.41. The Morgan fingerprint density at radius 1 is 1.06 bits per heavy atom. The van der Waals surface area contributed by atoms with E-state index in [2.05, 4.69) is 25.0 Å². The summed E-state index contributed by atoms with van der Waals surface area (Å²) in [6.45, 7) is 6.04. The first-order chi connectivity index (χ1) is 17.2. The first kappa shape index (κ1) is 26.1. The Labute approximate surface area is 211 Å². The Hall–Kier alpha value is -1.98. The van der Waals surface area contributed by atoms with Gasteiger partial charge in [0.1, 0.15) is 11.4 Å². The van der Waals surface area contributed by atoms with Crippen LogP contribution in [0.25, 0.3) is 0 Å². The van der Waals surface area contributed by atoms with Crippen LogP contribution in [0, 0.1) is 0 Å². The van der Waals surface area contributed by atoms with Crippen molar-refractivity contribution in [3.8, 4) is 0 Å². The largest absolute Gasteiger partial charge is 0.380 e. The number of nitrogens with one attached hydrogen (secondary N) is 2. The van der Waals surface area contributed by atoms with Crippen molar-refractivity contribution in [1.29, 1.82) is 0 Å². The summed E-state index contributed by atoms with van der Waals surface area (Å²) < 4.78 is 7.57. The molecule has 1 aromatic heterocycles. The first-order valence-electron chi connectivity index (χ1n) is 12.8. The van der Waals surface area contributed by atoms with E-state index in [1.54, 1.807) is 24.5 Å². The van der Waals surface area contributed by atoms with Crippen LogP contribution in [-0.2, 0) is 9.57 Å². The van der Waals surface area contributed by atoms with E-state index in [0.717, 1.165) is 76.6 Å². The molecule has 0 unspecified atom stereocenters. The van der Waals surface area contributed by atoms with Crippen LogP contribution in [-0.4, -0.2) is 72.1 Å². The number of morpholine rings is 1. The maximum atomic E-state index is 11.9. The number of hydrogen-bond donors (Lipinski definition) is 2. The van der Waals surface area contributed by atoms with Crippen LogP contribution in [0.1, 0.15) is 44.9 Å². The summed E-state index contributed by atoms with van der Waals surface area (Å²) in [5, 5.41) is 6.16. The third kappa shape index (κ3) is 7.75. The lowest BCUT2D eigenvalue weighted by molar-refractivity contribution is -0.127. The molecule has 192 valence electrons. The molecule has 0 bridgehead atoms. The average Bonchev–Trinajstić information content (AvgIpc) is 2.86. The minimum atomic E-state index is -0.468. The molecule has 35 heavy (non-hydrogen) atoms. The number of hydroxylamine groups is 1. The van der Waals surface area contributed by atoms with Crippen molar-refractivity contribution in [3.63, 3.8) is 0 Å². The molecule has 0 radical (unpaired) electrons. The van der Waals surface area contributed by atoms with Gasteiger partial charge in [0, 0.05) is 56.1 Å². The lowest BCUT2D eigenvalue weighted by Gasteiger charge is -2.36. The predicted molar refractivity (Wildman–Crippen MR) is 141 cm³/mol. The van der Waals surface area contributed by atoms with Gasteiger partial charge in [-0.2, -0.15) is 0 Å². The Balaban J connectivity index is 1.07. The molecule has 1 saturated carbocycles. The Bertz CT molecular complexity index is 959. The number of nitrogens with zero attached hydrogens (tertiary/aromatic N) is 3. The summed E-state index contributed by atoms with van der Waals surface area (Å²) in [6, 6.07) is 4.08. The molecule has 2 aliphatic rings. The van der Waals surface area contributed by atoms with Crippen LogP contribution in [0.2, 0.25) is 0 Å². The molecular weight excluding hydrogens is 466 g/mol.